The van der Waals surface area contributed by atoms with Crippen LogP contribution in [0.15, 0.2) is 66.1 Å². The van der Waals surface area contributed by atoms with Gasteiger partial charge < -0.3 is 5.32 Å². The van der Waals surface area contributed by atoms with E-state index in [1.807, 2.05) is 50.2 Å². The van der Waals surface area contributed by atoms with Crippen molar-refractivity contribution in [3.8, 4) is 0 Å². The molecule has 0 saturated heterocycles. The van der Waals surface area contributed by atoms with Crippen molar-refractivity contribution in [1.82, 2.24) is 9.62 Å². The number of fused-ring (bicyclic) bond motifs is 1. The van der Waals surface area contributed by atoms with Gasteiger partial charge in [-0.05, 0) is 41.5 Å². The van der Waals surface area contributed by atoms with Gasteiger partial charge in [-0.2, -0.15) is 4.31 Å². The zero-order chi connectivity index (χ0) is 21.0. The lowest BCUT2D eigenvalue weighted by Gasteiger charge is -2.30. The fourth-order valence-corrected chi connectivity index (χ4v) is 5.48. The molecule has 5 nitrogen and oxygen atoms in total. The predicted octanol–water partition coefficient (Wildman–Crippen LogP) is 3.83. The third-order valence-corrected chi connectivity index (χ3v) is 7.11. The Labute approximate surface area is 173 Å². The molecule has 0 aliphatic carbocycles. The van der Waals surface area contributed by atoms with E-state index in [1.165, 1.54) is 4.31 Å². The number of hydrogen-bond donors (Lipinski definition) is 1. The van der Waals surface area contributed by atoms with Crippen molar-refractivity contribution in [2.75, 3.05) is 6.54 Å². The molecule has 0 radical (unpaired) electrons. The molecule has 0 fully saturated rings. The Hall–Kier alpha value is -2.44. The molecular formula is C23H28N2O3S. The first-order chi connectivity index (χ1) is 13.8. The third-order valence-electron chi connectivity index (χ3n) is 5.14. The first-order valence-electron chi connectivity index (χ1n) is 9.91. The summed E-state index contributed by atoms with van der Waals surface area (Å²) in [7, 11) is -3.81. The molecule has 1 N–H and O–H groups in total. The van der Waals surface area contributed by atoms with Gasteiger partial charge in [0.2, 0.25) is 15.9 Å². The van der Waals surface area contributed by atoms with Gasteiger partial charge >= 0.3 is 0 Å². The normalized spacial score (nSPS) is 17.4. The highest BCUT2D eigenvalue weighted by Crippen LogP contribution is 2.33. The second-order valence-electron chi connectivity index (χ2n) is 7.81. The fourth-order valence-electron chi connectivity index (χ4n) is 3.64. The second-order valence-corrected chi connectivity index (χ2v) is 9.67. The Balaban J connectivity index is 1.91. The summed E-state index contributed by atoms with van der Waals surface area (Å²) < 4.78 is 28.3. The summed E-state index contributed by atoms with van der Waals surface area (Å²) in [6.07, 6.45) is 0.950. The predicted molar refractivity (Wildman–Crippen MR) is 116 cm³/mol. The van der Waals surface area contributed by atoms with Crippen LogP contribution in [0.5, 0.6) is 0 Å². The summed E-state index contributed by atoms with van der Waals surface area (Å²) in [5.74, 6) is -0.101. The Morgan fingerprint density at radius 2 is 1.76 bits per heavy atom. The van der Waals surface area contributed by atoms with Gasteiger partial charge in [-0.1, -0.05) is 69.0 Å². The highest BCUT2D eigenvalue weighted by atomic mass is 32.2. The Morgan fingerprint density at radius 3 is 2.45 bits per heavy atom. The molecule has 1 aliphatic heterocycles. The lowest BCUT2D eigenvalue weighted by Crippen LogP contribution is -2.50. The minimum absolute atomic E-state index is 0.166. The Kier molecular flexibility index (Phi) is 6.55. The number of nitrogens with zero attached hydrogens (tertiary/aromatic N) is 1. The van der Waals surface area contributed by atoms with Crippen molar-refractivity contribution in [2.24, 2.45) is 5.92 Å². The number of amides is 1. The van der Waals surface area contributed by atoms with Crippen LogP contribution in [0.4, 0.5) is 0 Å². The molecule has 0 spiro atoms. The summed E-state index contributed by atoms with van der Waals surface area (Å²) in [4.78, 5) is 13.3. The average molecular weight is 413 g/mol. The van der Waals surface area contributed by atoms with Crippen LogP contribution in [0.25, 0.3) is 5.57 Å². The minimum atomic E-state index is -3.81. The van der Waals surface area contributed by atoms with Crippen LogP contribution in [0.3, 0.4) is 0 Å². The lowest BCUT2D eigenvalue weighted by molar-refractivity contribution is -0.125. The molecule has 0 bridgehead atoms. The van der Waals surface area contributed by atoms with Crippen molar-refractivity contribution >= 4 is 21.5 Å². The quantitative estimate of drug-likeness (QED) is 0.784. The largest absolute Gasteiger partial charge is 0.351 e. The topological polar surface area (TPSA) is 66.5 Å². The molecule has 1 amide bonds. The minimum Gasteiger partial charge on any atom is -0.351 e. The van der Waals surface area contributed by atoms with E-state index < -0.39 is 16.1 Å². The van der Waals surface area contributed by atoms with Gasteiger partial charge in [-0.25, -0.2) is 8.42 Å². The van der Waals surface area contributed by atoms with Crippen molar-refractivity contribution in [3.05, 3.63) is 72.3 Å². The van der Waals surface area contributed by atoms with Gasteiger partial charge in [0, 0.05) is 13.1 Å². The molecule has 0 unspecified atom stereocenters. The summed E-state index contributed by atoms with van der Waals surface area (Å²) in [6, 6.07) is 15.7. The first-order valence-corrected chi connectivity index (χ1v) is 11.4. The highest BCUT2D eigenvalue weighted by molar-refractivity contribution is 7.89. The maximum absolute atomic E-state index is 13.5. The number of sulfonamides is 1. The number of benzene rings is 2. The van der Waals surface area contributed by atoms with E-state index in [2.05, 4.69) is 11.9 Å². The number of nitrogens with one attached hydrogen (secondary N) is 1. The molecule has 1 heterocycles. The van der Waals surface area contributed by atoms with Gasteiger partial charge in [-0.15, -0.1) is 0 Å². The average Bonchev–Trinajstić information content (AvgIpc) is 2.80. The zero-order valence-electron chi connectivity index (χ0n) is 17.0. The molecule has 6 heteroatoms. The van der Waals surface area contributed by atoms with Crippen LogP contribution >= 0.6 is 0 Å². The van der Waals surface area contributed by atoms with Gasteiger partial charge in [0.25, 0.3) is 0 Å². The van der Waals surface area contributed by atoms with E-state index in [1.54, 1.807) is 18.2 Å². The molecule has 2 aromatic carbocycles. The molecule has 1 atom stereocenters. The fraction of sp³-hybridized carbons (Fsp3) is 0.348. The van der Waals surface area contributed by atoms with Crippen molar-refractivity contribution < 1.29 is 13.2 Å². The second kappa shape index (κ2) is 8.93. The molecule has 0 aromatic heterocycles. The summed E-state index contributed by atoms with van der Waals surface area (Å²) in [5.41, 5.74) is 2.39. The van der Waals surface area contributed by atoms with Crippen molar-refractivity contribution in [1.29, 1.82) is 0 Å². The third kappa shape index (κ3) is 4.77. The lowest BCUT2D eigenvalue weighted by atomic mass is 10.0. The van der Waals surface area contributed by atoms with E-state index in [0.29, 0.717) is 24.9 Å². The highest BCUT2D eigenvalue weighted by Gasteiger charge is 2.39. The summed E-state index contributed by atoms with van der Waals surface area (Å²) in [5, 5.41) is 2.93. The van der Waals surface area contributed by atoms with Crippen LogP contribution in [-0.2, 0) is 21.4 Å². The first kappa shape index (κ1) is 21.3. The molecular weight excluding hydrogens is 384 g/mol. The molecule has 154 valence electrons. The van der Waals surface area contributed by atoms with E-state index in [9.17, 15) is 13.2 Å². The molecule has 29 heavy (non-hydrogen) atoms. The summed E-state index contributed by atoms with van der Waals surface area (Å²) >= 11 is 0. The maximum atomic E-state index is 13.5. The smallest absolute Gasteiger partial charge is 0.244 e. The van der Waals surface area contributed by atoms with E-state index >= 15 is 0 Å². The molecule has 3 rings (SSSR count). The number of carbonyl (C=O) groups is 1. The zero-order valence-corrected chi connectivity index (χ0v) is 17.8. The van der Waals surface area contributed by atoms with Crippen LogP contribution in [0.2, 0.25) is 0 Å². The van der Waals surface area contributed by atoms with Gasteiger partial charge in [-0.3, -0.25) is 4.79 Å². The number of hydrogen-bond acceptors (Lipinski definition) is 3. The number of rotatable bonds is 6. The van der Waals surface area contributed by atoms with E-state index in [0.717, 1.165) is 11.1 Å². The van der Waals surface area contributed by atoms with Crippen LogP contribution < -0.4 is 5.32 Å². The van der Waals surface area contributed by atoms with Crippen molar-refractivity contribution in [2.45, 2.75) is 44.2 Å². The Morgan fingerprint density at radius 1 is 1.10 bits per heavy atom. The number of carbonyl (C=O) groups excluding carboxylic acids is 1. The SMILES string of the molecule is C=C1CCN([C@@H](CC(C)C)C(=O)NCc2ccccc2)S(=O)(=O)c2ccccc21. The van der Waals surface area contributed by atoms with Crippen LogP contribution in [-0.4, -0.2) is 31.2 Å². The van der Waals surface area contributed by atoms with Gasteiger partial charge in [0.05, 0.1) is 4.90 Å². The monoisotopic (exact) mass is 412 g/mol. The molecule has 1 aliphatic rings. The molecule has 2 aromatic rings. The standard InChI is InChI=1S/C23H28N2O3S/c1-17(2)15-21(23(26)24-16-19-9-5-4-6-10-19)25-14-13-18(3)20-11-7-8-12-22(20)29(25,27)28/h4-12,17,21H,3,13-16H2,1-2H3,(H,24,26)/t21-/m0/s1. The van der Waals surface area contributed by atoms with Gasteiger partial charge in [0.1, 0.15) is 6.04 Å². The van der Waals surface area contributed by atoms with E-state index in [4.69, 9.17) is 0 Å². The van der Waals surface area contributed by atoms with Crippen molar-refractivity contribution in [3.63, 3.8) is 0 Å². The van der Waals surface area contributed by atoms with Crippen LogP contribution in [0.1, 0.15) is 37.8 Å². The Bertz CT molecular complexity index is 984. The molecule has 0 saturated carbocycles. The van der Waals surface area contributed by atoms with E-state index in [-0.39, 0.29) is 23.3 Å². The van der Waals surface area contributed by atoms with Crippen LogP contribution in [0, 0.1) is 5.92 Å². The van der Waals surface area contributed by atoms with Gasteiger partial charge in [0.15, 0.2) is 0 Å². The summed E-state index contributed by atoms with van der Waals surface area (Å²) in [6.45, 7) is 8.66. The maximum Gasteiger partial charge on any atom is 0.244 e.